The molecular formula is C11H19N3O2S. The van der Waals surface area contributed by atoms with Gasteiger partial charge in [-0.2, -0.15) is 0 Å². The molecule has 6 heteroatoms. The monoisotopic (exact) mass is 257 g/mol. The Morgan fingerprint density at radius 2 is 1.82 bits per heavy atom. The summed E-state index contributed by atoms with van der Waals surface area (Å²) in [6.07, 6.45) is 0. The standard InChI is InChI=1S/C11H19N3O2S/c1-9(8-14(2)3)13-17(15,16)11-6-4-10(12)5-7-11/h4-7,9,13H,8,12H2,1-3H3. The van der Waals surface area contributed by atoms with Crippen LogP contribution >= 0.6 is 0 Å². The van der Waals surface area contributed by atoms with Crippen molar-refractivity contribution in [2.75, 3.05) is 26.4 Å². The minimum absolute atomic E-state index is 0.146. The first kappa shape index (κ1) is 14.0. The second-order valence-corrected chi connectivity index (χ2v) is 6.07. The number of likely N-dealkylation sites (N-methyl/N-ethyl adjacent to an activating group) is 1. The normalized spacial score (nSPS) is 13.9. The van der Waals surface area contributed by atoms with Crippen LogP contribution in [-0.4, -0.2) is 40.0 Å². The molecule has 1 unspecified atom stereocenters. The number of anilines is 1. The topological polar surface area (TPSA) is 75.4 Å². The maximum Gasteiger partial charge on any atom is 0.240 e. The lowest BCUT2D eigenvalue weighted by atomic mass is 10.3. The first-order valence-electron chi connectivity index (χ1n) is 5.34. The van der Waals surface area contributed by atoms with Crippen LogP contribution in [0.4, 0.5) is 5.69 Å². The largest absolute Gasteiger partial charge is 0.399 e. The molecule has 3 N–H and O–H groups in total. The van der Waals surface area contributed by atoms with Gasteiger partial charge in [0.1, 0.15) is 0 Å². The maximum atomic E-state index is 12.0. The van der Waals surface area contributed by atoms with Gasteiger partial charge in [-0.15, -0.1) is 0 Å². The Bertz CT molecular complexity index is 454. The zero-order chi connectivity index (χ0) is 13.1. The Morgan fingerprint density at radius 3 is 2.29 bits per heavy atom. The molecule has 0 radical (unpaired) electrons. The van der Waals surface area contributed by atoms with Crippen LogP contribution in [0.5, 0.6) is 0 Å². The van der Waals surface area contributed by atoms with Crippen molar-refractivity contribution >= 4 is 15.7 Å². The molecule has 0 aliphatic carbocycles. The van der Waals surface area contributed by atoms with Crippen molar-refractivity contribution in [2.24, 2.45) is 0 Å². The summed E-state index contributed by atoms with van der Waals surface area (Å²) < 4.78 is 26.5. The van der Waals surface area contributed by atoms with Crippen LogP contribution in [0, 0.1) is 0 Å². The van der Waals surface area contributed by atoms with Gasteiger partial charge in [-0.05, 0) is 45.3 Å². The second-order valence-electron chi connectivity index (χ2n) is 4.35. The second kappa shape index (κ2) is 5.48. The third-order valence-corrected chi connectivity index (χ3v) is 3.79. The van der Waals surface area contributed by atoms with Crippen molar-refractivity contribution < 1.29 is 8.42 Å². The molecule has 0 heterocycles. The number of nitrogens with zero attached hydrogens (tertiary/aromatic N) is 1. The predicted octanol–water partition coefficient (Wildman–Crippen LogP) is 0.497. The van der Waals surface area contributed by atoms with E-state index in [1.807, 2.05) is 25.9 Å². The number of sulfonamides is 1. The molecule has 0 bridgehead atoms. The van der Waals surface area contributed by atoms with Crippen LogP contribution in [0.15, 0.2) is 29.2 Å². The van der Waals surface area contributed by atoms with E-state index in [9.17, 15) is 8.42 Å². The third kappa shape index (κ3) is 4.33. The summed E-state index contributed by atoms with van der Waals surface area (Å²) in [4.78, 5) is 2.16. The Morgan fingerprint density at radius 1 is 1.29 bits per heavy atom. The molecule has 0 saturated carbocycles. The van der Waals surface area contributed by atoms with E-state index >= 15 is 0 Å². The average Bonchev–Trinajstić information content (AvgIpc) is 2.15. The molecule has 0 aliphatic rings. The van der Waals surface area contributed by atoms with Crippen molar-refractivity contribution in [2.45, 2.75) is 17.9 Å². The number of nitrogen functional groups attached to an aromatic ring is 1. The molecule has 1 atom stereocenters. The van der Waals surface area contributed by atoms with Crippen molar-refractivity contribution in [1.82, 2.24) is 9.62 Å². The molecule has 96 valence electrons. The first-order chi connectivity index (χ1) is 7.81. The van der Waals surface area contributed by atoms with Gasteiger partial charge in [-0.25, -0.2) is 13.1 Å². The maximum absolute atomic E-state index is 12.0. The summed E-state index contributed by atoms with van der Waals surface area (Å²) in [5.74, 6) is 0. The Balaban J connectivity index is 2.78. The van der Waals surface area contributed by atoms with Crippen LogP contribution in [0.2, 0.25) is 0 Å². The van der Waals surface area contributed by atoms with E-state index in [4.69, 9.17) is 5.73 Å². The van der Waals surface area contributed by atoms with E-state index < -0.39 is 10.0 Å². The molecular weight excluding hydrogens is 238 g/mol. The summed E-state index contributed by atoms with van der Waals surface area (Å²) in [5.41, 5.74) is 6.06. The number of nitrogens with one attached hydrogen (secondary N) is 1. The molecule has 0 spiro atoms. The van der Waals surface area contributed by atoms with E-state index in [1.165, 1.54) is 12.1 Å². The van der Waals surface area contributed by atoms with Crippen molar-refractivity contribution in [1.29, 1.82) is 0 Å². The highest BCUT2D eigenvalue weighted by atomic mass is 32.2. The molecule has 0 saturated heterocycles. The summed E-state index contributed by atoms with van der Waals surface area (Å²) in [7, 11) is 0.340. The third-order valence-electron chi connectivity index (χ3n) is 2.19. The Labute approximate surface area is 103 Å². The highest BCUT2D eigenvalue weighted by molar-refractivity contribution is 7.89. The van der Waals surface area contributed by atoms with Gasteiger partial charge in [-0.1, -0.05) is 0 Å². The van der Waals surface area contributed by atoms with Gasteiger partial charge < -0.3 is 10.6 Å². The Kier molecular flexibility index (Phi) is 4.50. The van der Waals surface area contributed by atoms with E-state index in [-0.39, 0.29) is 10.9 Å². The van der Waals surface area contributed by atoms with Gasteiger partial charge in [-0.3, -0.25) is 0 Å². The van der Waals surface area contributed by atoms with Gasteiger partial charge in [0.25, 0.3) is 0 Å². The van der Waals surface area contributed by atoms with Crippen LogP contribution in [0.3, 0.4) is 0 Å². The molecule has 1 aromatic carbocycles. The van der Waals surface area contributed by atoms with Crippen molar-refractivity contribution in [3.63, 3.8) is 0 Å². The molecule has 1 aromatic rings. The highest BCUT2D eigenvalue weighted by Gasteiger charge is 2.17. The van der Waals surface area contributed by atoms with Gasteiger partial charge in [0.2, 0.25) is 10.0 Å². The lowest BCUT2D eigenvalue weighted by Crippen LogP contribution is -2.39. The summed E-state index contributed by atoms with van der Waals surface area (Å²) in [6.45, 7) is 2.48. The number of nitrogens with two attached hydrogens (primary N) is 1. The molecule has 0 aromatic heterocycles. The van der Waals surface area contributed by atoms with E-state index in [0.717, 1.165) is 0 Å². The average molecular weight is 257 g/mol. The van der Waals surface area contributed by atoms with Gasteiger partial charge >= 0.3 is 0 Å². The molecule has 1 rings (SSSR count). The Hall–Kier alpha value is -1.11. The fraction of sp³-hybridized carbons (Fsp3) is 0.455. The zero-order valence-electron chi connectivity index (χ0n) is 10.3. The number of hydrogen-bond donors (Lipinski definition) is 2. The molecule has 0 fully saturated rings. The van der Waals surface area contributed by atoms with Crippen molar-refractivity contribution in [3.8, 4) is 0 Å². The molecule has 0 aliphatic heterocycles. The van der Waals surface area contributed by atoms with E-state index in [1.54, 1.807) is 12.1 Å². The number of rotatable bonds is 5. The molecule has 17 heavy (non-hydrogen) atoms. The first-order valence-corrected chi connectivity index (χ1v) is 6.82. The van der Waals surface area contributed by atoms with Crippen molar-refractivity contribution in [3.05, 3.63) is 24.3 Å². The van der Waals surface area contributed by atoms with Crippen LogP contribution < -0.4 is 10.5 Å². The fourth-order valence-corrected chi connectivity index (χ4v) is 2.80. The van der Waals surface area contributed by atoms with E-state index in [2.05, 4.69) is 4.72 Å². The molecule has 0 amide bonds. The zero-order valence-corrected chi connectivity index (χ0v) is 11.2. The minimum atomic E-state index is -3.45. The summed E-state index contributed by atoms with van der Waals surface area (Å²) in [5, 5.41) is 0. The quantitative estimate of drug-likeness (QED) is 0.753. The SMILES string of the molecule is CC(CN(C)C)NS(=O)(=O)c1ccc(N)cc1. The number of hydrogen-bond acceptors (Lipinski definition) is 4. The lowest BCUT2D eigenvalue weighted by Gasteiger charge is -2.18. The summed E-state index contributed by atoms with van der Waals surface area (Å²) >= 11 is 0. The molecule has 5 nitrogen and oxygen atoms in total. The highest BCUT2D eigenvalue weighted by Crippen LogP contribution is 2.11. The predicted molar refractivity (Wildman–Crippen MR) is 69.2 cm³/mol. The van der Waals surface area contributed by atoms with Crippen LogP contribution in [0.25, 0.3) is 0 Å². The van der Waals surface area contributed by atoms with Gasteiger partial charge in [0.15, 0.2) is 0 Å². The van der Waals surface area contributed by atoms with Crippen LogP contribution in [-0.2, 0) is 10.0 Å². The number of benzene rings is 1. The minimum Gasteiger partial charge on any atom is -0.399 e. The van der Waals surface area contributed by atoms with Crippen LogP contribution in [0.1, 0.15) is 6.92 Å². The fourth-order valence-electron chi connectivity index (χ4n) is 1.56. The summed E-state index contributed by atoms with van der Waals surface area (Å²) in [6, 6.07) is 6.00. The van der Waals surface area contributed by atoms with E-state index in [0.29, 0.717) is 12.2 Å². The van der Waals surface area contributed by atoms with Gasteiger partial charge in [0, 0.05) is 18.3 Å². The lowest BCUT2D eigenvalue weighted by molar-refractivity contribution is 0.370. The smallest absolute Gasteiger partial charge is 0.240 e. The van der Waals surface area contributed by atoms with Gasteiger partial charge in [0.05, 0.1) is 4.90 Å².